The average molecular weight is 279 g/mol. The highest BCUT2D eigenvalue weighted by Gasteiger charge is 2.20. The highest BCUT2D eigenvalue weighted by atomic mass is 32.2. The largest absolute Gasteiger partial charge is 0.307 e. The summed E-state index contributed by atoms with van der Waals surface area (Å²) in [6.45, 7) is 1.54. The average Bonchev–Trinajstić information content (AvgIpc) is 2.91. The van der Waals surface area contributed by atoms with Crippen LogP contribution in [-0.4, -0.2) is 30.3 Å². The SMILES string of the molecule is CCS(=O)(=O)c1ccccc1C(=O)Nc1ccn[nH]1. The molecule has 100 valence electrons. The summed E-state index contributed by atoms with van der Waals surface area (Å²) in [5, 5.41) is 8.83. The van der Waals surface area contributed by atoms with Crippen molar-refractivity contribution in [2.45, 2.75) is 11.8 Å². The minimum atomic E-state index is -3.44. The second-order valence-electron chi connectivity index (χ2n) is 3.82. The predicted molar refractivity (Wildman–Crippen MR) is 70.7 cm³/mol. The van der Waals surface area contributed by atoms with Gasteiger partial charge in [0.05, 0.1) is 22.4 Å². The molecule has 0 aliphatic heterocycles. The summed E-state index contributed by atoms with van der Waals surface area (Å²) in [5.74, 6) is -0.132. The van der Waals surface area contributed by atoms with Crippen LogP contribution in [0.5, 0.6) is 0 Å². The number of anilines is 1. The summed E-state index contributed by atoms with van der Waals surface area (Å²) in [5.41, 5.74) is 0.124. The van der Waals surface area contributed by atoms with Crippen molar-refractivity contribution in [3.8, 4) is 0 Å². The van der Waals surface area contributed by atoms with E-state index < -0.39 is 15.7 Å². The van der Waals surface area contributed by atoms with Crippen LogP contribution in [-0.2, 0) is 9.84 Å². The molecule has 6 nitrogen and oxygen atoms in total. The number of carbonyl (C=O) groups excluding carboxylic acids is 1. The van der Waals surface area contributed by atoms with Gasteiger partial charge in [0.15, 0.2) is 9.84 Å². The van der Waals surface area contributed by atoms with Crippen LogP contribution in [0.3, 0.4) is 0 Å². The quantitative estimate of drug-likeness (QED) is 0.886. The van der Waals surface area contributed by atoms with E-state index in [-0.39, 0.29) is 16.2 Å². The Labute approximate surface area is 110 Å². The molecule has 2 aromatic rings. The van der Waals surface area contributed by atoms with Crippen molar-refractivity contribution in [1.82, 2.24) is 10.2 Å². The monoisotopic (exact) mass is 279 g/mol. The number of hydrogen-bond acceptors (Lipinski definition) is 4. The first-order valence-electron chi connectivity index (χ1n) is 5.67. The number of nitrogens with one attached hydrogen (secondary N) is 2. The number of H-pyrrole nitrogens is 1. The van der Waals surface area contributed by atoms with Gasteiger partial charge in [-0.05, 0) is 12.1 Å². The Balaban J connectivity index is 2.38. The van der Waals surface area contributed by atoms with Crippen molar-refractivity contribution in [3.63, 3.8) is 0 Å². The molecular formula is C12H13N3O3S. The van der Waals surface area contributed by atoms with Gasteiger partial charge in [-0.25, -0.2) is 8.42 Å². The van der Waals surface area contributed by atoms with Gasteiger partial charge in [-0.1, -0.05) is 19.1 Å². The van der Waals surface area contributed by atoms with E-state index in [1.54, 1.807) is 25.1 Å². The number of amides is 1. The molecule has 0 aliphatic carbocycles. The molecule has 2 rings (SSSR count). The third-order valence-electron chi connectivity index (χ3n) is 2.60. The highest BCUT2D eigenvalue weighted by Crippen LogP contribution is 2.18. The lowest BCUT2D eigenvalue weighted by molar-refractivity contribution is 0.102. The van der Waals surface area contributed by atoms with Crippen molar-refractivity contribution in [2.75, 3.05) is 11.1 Å². The normalized spacial score (nSPS) is 11.2. The van der Waals surface area contributed by atoms with Gasteiger partial charge in [0.1, 0.15) is 5.82 Å². The van der Waals surface area contributed by atoms with Crippen LogP contribution < -0.4 is 5.32 Å². The van der Waals surface area contributed by atoms with Gasteiger partial charge in [0.2, 0.25) is 0 Å². The number of aromatic amines is 1. The van der Waals surface area contributed by atoms with Crippen LogP contribution in [0.4, 0.5) is 5.82 Å². The summed E-state index contributed by atoms with van der Waals surface area (Å²) in [7, 11) is -3.44. The van der Waals surface area contributed by atoms with Crippen molar-refractivity contribution in [2.24, 2.45) is 0 Å². The third-order valence-corrected chi connectivity index (χ3v) is 4.38. The maximum Gasteiger partial charge on any atom is 0.258 e. The van der Waals surface area contributed by atoms with Gasteiger partial charge >= 0.3 is 0 Å². The number of nitrogens with zero attached hydrogens (tertiary/aromatic N) is 1. The first-order valence-corrected chi connectivity index (χ1v) is 7.32. The zero-order chi connectivity index (χ0) is 13.9. The topological polar surface area (TPSA) is 91.9 Å². The van der Waals surface area contributed by atoms with Gasteiger partial charge < -0.3 is 5.32 Å². The maximum atomic E-state index is 12.1. The molecule has 0 unspecified atom stereocenters. The third kappa shape index (κ3) is 2.82. The molecule has 0 radical (unpaired) electrons. The van der Waals surface area contributed by atoms with Gasteiger partial charge in [-0.3, -0.25) is 9.89 Å². The molecule has 7 heteroatoms. The fraction of sp³-hybridized carbons (Fsp3) is 0.167. The van der Waals surface area contributed by atoms with E-state index in [1.807, 2.05) is 0 Å². The van der Waals surface area contributed by atoms with E-state index in [0.717, 1.165) is 0 Å². The van der Waals surface area contributed by atoms with Crippen molar-refractivity contribution in [1.29, 1.82) is 0 Å². The van der Waals surface area contributed by atoms with Gasteiger partial charge in [-0.15, -0.1) is 0 Å². The first-order chi connectivity index (χ1) is 9.04. The summed E-state index contributed by atoms with van der Waals surface area (Å²) in [6, 6.07) is 7.70. The summed E-state index contributed by atoms with van der Waals surface area (Å²) < 4.78 is 23.9. The molecular weight excluding hydrogens is 266 g/mol. The van der Waals surface area contributed by atoms with E-state index >= 15 is 0 Å². The summed E-state index contributed by atoms with van der Waals surface area (Å²) in [6.07, 6.45) is 1.49. The molecule has 1 aromatic heterocycles. The molecule has 0 aliphatic rings. The number of hydrogen-bond donors (Lipinski definition) is 2. The molecule has 19 heavy (non-hydrogen) atoms. The zero-order valence-corrected chi connectivity index (χ0v) is 11.1. The fourth-order valence-electron chi connectivity index (χ4n) is 1.60. The molecule has 0 bridgehead atoms. The van der Waals surface area contributed by atoms with Crippen LogP contribution >= 0.6 is 0 Å². The Kier molecular flexibility index (Phi) is 3.66. The zero-order valence-electron chi connectivity index (χ0n) is 10.3. The van der Waals surface area contributed by atoms with E-state index in [1.165, 1.54) is 18.3 Å². The molecule has 2 N–H and O–H groups in total. The minimum absolute atomic E-state index is 0.0366. The molecule has 0 saturated carbocycles. The van der Waals surface area contributed by atoms with Crippen molar-refractivity contribution < 1.29 is 13.2 Å². The lowest BCUT2D eigenvalue weighted by atomic mass is 10.2. The lowest BCUT2D eigenvalue weighted by Gasteiger charge is -2.08. The van der Waals surface area contributed by atoms with Crippen LogP contribution in [0.15, 0.2) is 41.4 Å². The Hall–Kier alpha value is -2.15. The van der Waals surface area contributed by atoms with Crippen LogP contribution in [0.1, 0.15) is 17.3 Å². The Bertz CT molecular complexity index is 678. The van der Waals surface area contributed by atoms with Gasteiger partial charge in [-0.2, -0.15) is 5.10 Å². The smallest absolute Gasteiger partial charge is 0.258 e. The molecule has 1 aromatic carbocycles. The van der Waals surface area contributed by atoms with E-state index in [0.29, 0.717) is 5.82 Å². The van der Waals surface area contributed by atoms with Crippen molar-refractivity contribution >= 4 is 21.6 Å². The van der Waals surface area contributed by atoms with Gasteiger partial charge in [0, 0.05) is 6.07 Å². The molecule has 0 atom stereocenters. The van der Waals surface area contributed by atoms with E-state index in [2.05, 4.69) is 15.5 Å². The highest BCUT2D eigenvalue weighted by molar-refractivity contribution is 7.91. The molecule has 1 amide bonds. The number of sulfone groups is 1. The number of carbonyl (C=O) groups is 1. The molecule has 1 heterocycles. The Morgan fingerprint density at radius 2 is 2.05 bits per heavy atom. The molecule has 0 spiro atoms. The summed E-state index contributed by atoms with van der Waals surface area (Å²) >= 11 is 0. The van der Waals surface area contributed by atoms with Crippen molar-refractivity contribution in [3.05, 3.63) is 42.1 Å². The molecule has 0 saturated heterocycles. The number of rotatable bonds is 4. The second-order valence-corrected chi connectivity index (χ2v) is 6.07. The van der Waals surface area contributed by atoms with Crippen LogP contribution in [0.25, 0.3) is 0 Å². The number of aromatic nitrogens is 2. The lowest BCUT2D eigenvalue weighted by Crippen LogP contribution is -2.17. The predicted octanol–water partition coefficient (Wildman–Crippen LogP) is 1.46. The standard InChI is InChI=1S/C12H13N3O3S/c1-2-19(17,18)10-6-4-3-5-9(10)12(16)14-11-7-8-13-15-11/h3-8H,2H2,1H3,(H2,13,14,15,16). The second kappa shape index (κ2) is 5.23. The number of benzene rings is 1. The first kappa shape index (κ1) is 13.3. The van der Waals surface area contributed by atoms with E-state index in [4.69, 9.17) is 0 Å². The van der Waals surface area contributed by atoms with Crippen LogP contribution in [0, 0.1) is 0 Å². The maximum absolute atomic E-state index is 12.1. The van der Waals surface area contributed by atoms with Gasteiger partial charge in [0.25, 0.3) is 5.91 Å². The summed E-state index contributed by atoms with van der Waals surface area (Å²) in [4.78, 5) is 12.1. The van der Waals surface area contributed by atoms with E-state index in [9.17, 15) is 13.2 Å². The molecule has 0 fully saturated rings. The Morgan fingerprint density at radius 1 is 1.32 bits per heavy atom. The minimum Gasteiger partial charge on any atom is -0.307 e. The van der Waals surface area contributed by atoms with Crippen LogP contribution in [0.2, 0.25) is 0 Å². The fourth-order valence-corrected chi connectivity index (χ4v) is 2.69. The Morgan fingerprint density at radius 3 is 2.68 bits per heavy atom.